The van der Waals surface area contributed by atoms with Crippen molar-refractivity contribution in [1.29, 1.82) is 0 Å². The Hall–Kier alpha value is -2.38. The van der Waals surface area contributed by atoms with Crippen molar-refractivity contribution in [3.63, 3.8) is 0 Å². The number of nitrogen functional groups attached to an aromatic ring is 1. The monoisotopic (exact) mass is 277 g/mol. The molecular formula is C13H15N3O4. The number of nitrogens with zero attached hydrogens (tertiary/aromatic N) is 2. The normalized spacial score (nSPS) is 12.1. The molecule has 7 heteroatoms. The standard InChI is InChI=1S/C13H15N3O4/c14-9-1-3-10(4-2-9)16-6-5-12(15-16)13(19)20-8-11(18)7-17/h1-6,11,17-18H,7-8,14H2. The van der Waals surface area contributed by atoms with Crippen molar-refractivity contribution in [1.82, 2.24) is 9.78 Å². The van der Waals surface area contributed by atoms with E-state index in [2.05, 4.69) is 5.10 Å². The van der Waals surface area contributed by atoms with E-state index in [1.54, 1.807) is 30.5 Å². The van der Waals surface area contributed by atoms with Crippen molar-refractivity contribution in [3.05, 3.63) is 42.2 Å². The number of benzene rings is 1. The van der Waals surface area contributed by atoms with Crippen LogP contribution in [0.5, 0.6) is 0 Å². The van der Waals surface area contributed by atoms with Crippen LogP contribution >= 0.6 is 0 Å². The van der Waals surface area contributed by atoms with Crippen molar-refractivity contribution in [2.24, 2.45) is 0 Å². The van der Waals surface area contributed by atoms with Gasteiger partial charge in [-0.15, -0.1) is 0 Å². The topological polar surface area (TPSA) is 111 Å². The molecule has 1 aromatic carbocycles. The molecule has 0 aliphatic carbocycles. The Bertz CT molecular complexity index is 580. The fraction of sp³-hybridized carbons (Fsp3) is 0.231. The molecule has 1 heterocycles. The molecule has 0 radical (unpaired) electrons. The summed E-state index contributed by atoms with van der Waals surface area (Å²) in [5.74, 6) is -0.660. The van der Waals surface area contributed by atoms with E-state index in [-0.39, 0.29) is 12.3 Å². The fourth-order valence-electron chi connectivity index (χ4n) is 1.50. The molecule has 0 amide bonds. The minimum Gasteiger partial charge on any atom is -0.458 e. The molecule has 0 aliphatic rings. The van der Waals surface area contributed by atoms with E-state index in [0.29, 0.717) is 5.69 Å². The van der Waals surface area contributed by atoms with Gasteiger partial charge in [-0.1, -0.05) is 0 Å². The van der Waals surface area contributed by atoms with Crippen molar-refractivity contribution in [3.8, 4) is 5.69 Å². The summed E-state index contributed by atoms with van der Waals surface area (Å²) in [6, 6.07) is 8.50. The molecule has 0 spiro atoms. The Labute approximate surface area is 115 Å². The Kier molecular flexibility index (Phi) is 4.34. The lowest BCUT2D eigenvalue weighted by Gasteiger charge is -2.06. The Balaban J connectivity index is 2.05. The van der Waals surface area contributed by atoms with Gasteiger partial charge in [0, 0.05) is 11.9 Å². The predicted molar refractivity (Wildman–Crippen MR) is 71.4 cm³/mol. The zero-order valence-electron chi connectivity index (χ0n) is 10.6. The van der Waals surface area contributed by atoms with Crippen LogP contribution < -0.4 is 5.73 Å². The van der Waals surface area contributed by atoms with E-state index in [1.165, 1.54) is 10.7 Å². The van der Waals surface area contributed by atoms with Crippen LogP contribution in [0.25, 0.3) is 5.69 Å². The summed E-state index contributed by atoms with van der Waals surface area (Å²) < 4.78 is 6.32. The second kappa shape index (κ2) is 6.18. The quantitative estimate of drug-likeness (QED) is 0.522. The highest BCUT2D eigenvalue weighted by atomic mass is 16.5. The van der Waals surface area contributed by atoms with Gasteiger partial charge < -0.3 is 20.7 Å². The van der Waals surface area contributed by atoms with E-state index in [1.807, 2.05) is 0 Å². The largest absolute Gasteiger partial charge is 0.458 e. The van der Waals surface area contributed by atoms with Crippen LogP contribution in [0.2, 0.25) is 0 Å². The minimum atomic E-state index is -1.09. The highest BCUT2D eigenvalue weighted by Gasteiger charge is 2.13. The van der Waals surface area contributed by atoms with Gasteiger partial charge in [0.1, 0.15) is 12.7 Å². The summed E-state index contributed by atoms with van der Waals surface area (Å²) in [4.78, 5) is 11.7. The van der Waals surface area contributed by atoms with Gasteiger partial charge >= 0.3 is 5.97 Å². The summed E-state index contributed by atoms with van der Waals surface area (Å²) in [6.45, 7) is -0.739. The zero-order valence-corrected chi connectivity index (χ0v) is 10.6. The molecular weight excluding hydrogens is 262 g/mol. The van der Waals surface area contributed by atoms with E-state index in [9.17, 15) is 4.79 Å². The SMILES string of the molecule is Nc1ccc(-n2ccc(C(=O)OCC(O)CO)n2)cc1. The molecule has 4 N–H and O–H groups in total. The Morgan fingerprint density at radius 2 is 2.05 bits per heavy atom. The number of carbonyl (C=O) groups is 1. The highest BCUT2D eigenvalue weighted by molar-refractivity contribution is 5.87. The molecule has 1 unspecified atom stereocenters. The van der Waals surface area contributed by atoms with Crippen LogP contribution in [0.15, 0.2) is 36.5 Å². The molecule has 0 fully saturated rings. The molecule has 106 valence electrons. The number of hydrogen-bond donors (Lipinski definition) is 3. The van der Waals surface area contributed by atoms with Gasteiger partial charge in [-0.05, 0) is 30.3 Å². The van der Waals surface area contributed by atoms with Crippen LogP contribution in [0.4, 0.5) is 5.69 Å². The number of aliphatic hydroxyl groups excluding tert-OH is 2. The van der Waals surface area contributed by atoms with Gasteiger partial charge in [-0.2, -0.15) is 5.10 Å². The second-order valence-electron chi connectivity index (χ2n) is 4.17. The summed E-state index contributed by atoms with van der Waals surface area (Å²) in [5, 5.41) is 21.8. The summed E-state index contributed by atoms with van der Waals surface area (Å²) in [5.41, 5.74) is 7.10. The van der Waals surface area contributed by atoms with Gasteiger partial charge in [0.25, 0.3) is 0 Å². The molecule has 0 aliphatic heterocycles. The number of nitrogens with two attached hydrogens (primary N) is 1. The maximum atomic E-state index is 11.7. The van der Waals surface area contributed by atoms with Crippen molar-refractivity contribution in [2.45, 2.75) is 6.10 Å². The molecule has 2 aromatic rings. The maximum Gasteiger partial charge on any atom is 0.358 e. The number of rotatable bonds is 5. The zero-order chi connectivity index (χ0) is 14.5. The molecule has 1 atom stereocenters. The third-order valence-electron chi connectivity index (χ3n) is 2.57. The second-order valence-corrected chi connectivity index (χ2v) is 4.17. The number of hydrogen-bond acceptors (Lipinski definition) is 6. The average molecular weight is 277 g/mol. The predicted octanol–water partition coefficient (Wildman–Crippen LogP) is -0.0355. The Morgan fingerprint density at radius 3 is 2.70 bits per heavy atom. The van der Waals surface area contributed by atoms with Crippen molar-refractivity contribution < 1.29 is 19.7 Å². The van der Waals surface area contributed by atoms with Crippen molar-refractivity contribution in [2.75, 3.05) is 18.9 Å². The molecule has 0 bridgehead atoms. The lowest BCUT2D eigenvalue weighted by Crippen LogP contribution is -2.22. The van der Waals surface area contributed by atoms with Gasteiger partial charge in [0.15, 0.2) is 5.69 Å². The van der Waals surface area contributed by atoms with Gasteiger partial charge in [0.2, 0.25) is 0 Å². The summed E-state index contributed by atoms with van der Waals surface area (Å²) >= 11 is 0. The van der Waals surface area contributed by atoms with Gasteiger partial charge in [-0.3, -0.25) is 0 Å². The number of aromatic nitrogens is 2. The van der Waals surface area contributed by atoms with Crippen LogP contribution in [0.1, 0.15) is 10.5 Å². The Morgan fingerprint density at radius 1 is 1.35 bits per heavy atom. The van der Waals surface area contributed by atoms with E-state index >= 15 is 0 Å². The molecule has 1 aromatic heterocycles. The van der Waals surface area contributed by atoms with Gasteiger partial charge in [-0.25, -0.2) is 9.48 Å². The molecule has 0 saturated heterocycles. The summed E-state index contributed by atoms with van der Waals surface area (Å²) in [6.07, 6.45) is 0.531. The van der Waals surface area contributed by atoms with Crippen LogP contribution in [-0.2, 0) is 4.74 Å². The fourth-order valence-corrected chi connectivity index (χ4v) is 1.50. The van der Waals surface area contributed by atoms with Crippen molar-refractivity contribution >= 4 is 11.7 Å². The minimum absolute atomic E-state index is 0.118. The van der Waals surface area contributed by atoms with Crippen LogP contribution in [-0.4, -0.2) is 45.3 Å². The van der Waals surface area contributed by atoms with Gasteiger partial charge in [0.05, 0.1) is 12.3 Å². The molecule has 7 nitrogen and oxygen atoms in total. The van der Waals surface area contributed by atoms with Crippen LogP contribution in [0.3, 0.4) is 0 Å². The first-order valence-corrected chi connectivity index (χ1v) is 5.98. The third kappa shape index (κ3) is 3.34. The third-order valence-corrected chi connectivity index (χ3v) is 2.57. The number of aliphatic hydroxyl groups is 2. The molecule has 20 heavy (non-hydrogen) atoms. The molecule has 0 saturated carbocycles. The number of ether oxygens (including phenoxy) is 1. The van der Waals surface area contributed by atoms with Crippen LogP contribution in [0, 0.1) is 0 Å². The lowest BCUT2D eigenvalue weighted by molar-refractivity contribution is 0.00885. The first-order chi connectivity index (χ1) is 9.60. The smallest absolute Gasteiger partial charge is 0.358 e. The molecule has 2 rings (SSSR count). The lowest BCUT2D eigenvalue weighted by atomic mass is 10.3. The van der Waals surface area contributed by atoms with E-state index in [4.69, 9.17) is 20.7 Å². The first-order valence-electron chi connectivity index (χ1n) is 5.98. The number of anilines is 1. The number of esters is 1. The van der Waals surface area contributed by atoms with E-state index < -0.39 is 18.7 Å². The summed E-state index contributed by atoms with van der Waals surface area (Å²) in [7, 11) is 0. The first kappa shape index (κ1) is 14.0. The number of carbonyl (C=O) groups excluding carboxylic acids is 1. The average Bonchev–Trinajstić information content (AvgIpc) is 2.95. The highest BCUT2D eigenvalue weighted by Crippen LogP contribution is 2.11. The van der Waals surface area contributed by atoms with E-state index in [0.717, 1.165) is 5.69 Å². The maximum absolute atomic E-state index is 11.7.